The van der Waals surface area contributed by atoms with Crippen LogP contribution in [0.1, 0.15) is 45.4 Å². The van der Waals surface area contributed by atoms with Crippen molar-refractivity contribution < 1.29 is 5.11 Å². The van der Waals surface area contributed by atoms with Gasteiger partial charge in [-0.05, 0) is 62.7 Å². The minimum atomic E-state index is -0.336. The van der Waals surface area contributed by atoms with Gasteiger partial charge in [-0.25, -0.2) is 0 Å². The Bertz CT molecular complexity index is 247. The molecule has 14 heavy (non-hydrogen) atoms. The number of hydrogen-bond donors (Lipinski definition) is 2. The molecule has 0 unspecified atom stereocenters. The summed E-state index contributed by atoms with van der Waals surface area (Å²) in [6.07, 6.45) is 7.00. The quantitative estimate of drug-likeness (QED) is 0.668. The standard InChI is InChI=1S/C12H21NO/c1-8(13)11-3-9-2-10(4-11)6-12(14,5-9)7-11/h8-10,14H,2-7,13H2,1H3/t8-,9-,10-,11?,12?/m1/s1. The number of hydrogen-bond acceptors (Lipinski definition) is 2. The molecule has 0 aliphatic heterocycles. The van der Waals surface area contributed by atoms with Gasteiger partial charge in [-0.2, -0.15) is 0 Å². The van der Waals surface area contributed by atoms with E-state index in [0.717, 1.165) is 31.1 Å². The minimum Gasteiger partial charge on any atom is -0.390 e. The lowest BCUT2D eigenvalue weighted by Crippen LogP contribution is -2.60. The van der Waals surface area contributed by atoms with Crippen LogP contribution in [0, 0.1) is 17.3 Å². The lowest BCUT2D eigenvalue weighted by molar-refractivity contribution is -0.168. The van der Waals surface area contributed by atoms with Crippen molar-refractivity contribution in [2.24, 2.45) is 23.0 Å². The second-order valence-electron chi connectivity index (χ2n) is 6.34. The van der Waals surface area contributed by atoms with Gasteiger partial charge in [0.25, 0.3) is 0 Å². The number of aliphatic hydroxyl groups is 1. The smallest absolute Gasteiger partial charge is 0.0659 e. The molecule has 0 spiro atoms. The lowest BCUT2D eigenvalue weighted by atomic mass is 9.46. The molecule has 0 saturated heterocycles. The van der Waals surface area contributed by atoms with Gasteiger partial charge < -0.3 is 10.8 Å². The Kier molecular flexibility index (Phi) is 1.66. The summed E-state index contributed by atoms with van der Waals surface area (Å²) in [5, 5.41) is 10.5. The van der Waals surface area contributed by atoms with E-state index in [-0.39, 0.29) is 11.6 Å². The Hall–Kier alpha value is -0.0800. The molecule has 0 radical (unpaired) electrons. The van der Waals surface area contributed by atoms with Crippen LogP contribution in [0.3, 0.4) is 0 Å². The number of nitrogens with two attached hydrogens (primary N) is 1. The first-order chi connectivity index (χ1) is 6.51. The Morgan fingerprint density at radius 2 is 1.79 bits per heavy atom. The molecule has 2 nitrogen and oxygen atoms in total. The van der Waals surface area contributed by atoms with Crippen molar-refractivity contribution in [3.63, 3.8) is 0 Å². The fourth-order valence-electron chi connectivity index (χ4n) is 4.82. The maximum absolute atomic E-state index is 10.5. The molecular weight excluding hydrogens is 174 g/mol. The molecule has 2 heteroatoms. The summed E-state index contributed by atoms with van der Waals surface area (Å²) >= 11 is 0. The Balaban J connectivity index is 1.96. The first kappa shape index (κ1) is 9.17. The SMILES string of the molecule is C[C@@H](N)C12C[C@H]3C[C@@H](CC(O)(C3)C1)C2. The van der Waals surface area contributed by atoms with Gasteiger partial charge in [0.05, 0.1) is 5.60 Å². The van der Waals surface area contributed by atoms with Crippen LogP contribution in [-0.2, 0) is 0 Å². The topological polar surface area (TPSA) is 46.2 Å². The Morgan fingerprint density at radius 3 is 2.21 bits per heavy atom. The van der Waals surface area contributed by atoms with Crippen molar-refractivity contribution in [1.29, 1.82) is 0 Å². The largest absolute Gasteiger partial charge is 0.390 e. The van der Waals surface area contributed by atoms with E-state index >= 15 is 0 Å². The van der Waals surface area contributed by atoms with Gasteiger partial charge in [0, 0.05) is 6.04 Å². The molecular formula is C12H21NO. The van der Waals surface area contributed by atoms with Crippen molar-refractivity contribution in [3.8, 4) is 0 Å². The molecule has 4 rings (SSSR count). The van der Waals surface area contributed by atoms with Gasteiger partial charge in [-0.1, -0.05) is 0 Å². The fourth-order valence-corrected chi connectivity index (χ4v) is 4.82. The van der Waals surface area contributed by atoms with Crippen molar-refractivity contribution in [2.45, 2.75) is 57.1 Å². The van der Waals surface area contributed by atoms with Gasteiger partial charge in [-0.3, -0.25) is 0 Å². The lowest BCUT2D eigenvalue weighted by Gasteiger charge is -2.61. The van der Waals surface area contributed by atoms with Crippen LogP contribution in [0.25, 0.3) is 0 Å². The molecule has 0 aromatic rings. The zero-order chi connectivity index (χ0) is 9.97. The molecule has 3 atom stereocenters. The molecule has 4 saturated carbocycles. The van der Waals surface area contributed by atoms with Gasteiger partial charge >= 0.3 is 0 Å². The fraction of sp³-hybridized carbons (Fsp3) is 1.00. The zero-order valence-corrected chi connectivity index (χ0v) is 9.00. The van der Waals surface area contributed by atoms with E-state index in [2.05, 4.69) is 6.92 Å². The van der Waals surface area contributed by atoms with E-state index < -0.39 is 0 Å². The highest BCUT2D eigenvalue weighted by Crippen LogP contribution is 2.62. The third kappa shape index (κ3) is 1.10. The zero-order valence-electron chi connectivity index (χ0n) is 9.00. The second kappa shape index (κ2) is 2.53. The van der Waals surface area contributed by atoms with E-state index in [9.17, 15) is 5.11 Å². The molecule has 0 heterocycles. The van der Waals surface area contributed by atoms with Crippen LogP contribution < -0.4 is 5.73 Å². The maximum Gasteiger partial charge on any atom is 0.0659 e. The van der Waals surface area contributed by atoms with E-state index in [1.165, 1.54) is 19.3 Å². The van der Waals surface area contributed by atoms with E-state index in [0.29, 0.717) is 5.41 Å². The van der Waals surface area contributed by atoms with Crippen molar-refractivity contribution in [1.82, 2.24) is 0 Å². The normalized spacial score (nSPS) is 57.6. The average molecular weight is 195 g/mol. The molecule has 4 bridgehead atoms. The van der Waals surface area contributed by atoms with Gasteiger partial charge in [0.1, 0.15) is 0 Å². The van der Waals surface area contributed by atoms with E-state index in [4.69, 9.17) is 5.73 Å². The molecule has 0 aromatic carbocycles. The Morgan fingerprint density at radius 1 is 1.21 bits per heavy atom. The summed E-state index contributed by atoms with van der Waals surface area (Å²) in [6.45, 7) is 2.14. The molecule has 80 valence electrons. The summed E-state index contributed by atoms with van der Waals surface area (Å²) in [7, 11) is 0. The molecule has 3 N–H and O–H groups in total. The van der Waals surface area contributed by atoms with E-state index in [1.807, 2.05) is 0 Å². The van der Waals surface area contributed by atoms with Crippen LogP contribution in [0.5, 0.6) is 0 Å². The maximum atomic E-state index is 10.5. The Labute approximate surface area is 85.9 Å². The summed E-state index contributed by atoms with van der Waals surface area (Å²) in [5.74, 6) is 1.54. The molecule has 0 aromatic heterocycles. The van der Waals surface area contributed by atoms with Crippen LogP contribution in [-0.4, -0.2) is 16.7 Å². The summed E-state index contributed by atoms with van der Waals surface area (Å²) < 4.78 is 0. The van der Waals surface area contributed by atoms with Crippen molar-refractivity contribution >= 4 is 0 Å². The second-order valence-corrected chi connectivity index (χ2v) is 6.34. The predicted molar refractivity (Wildman–Crippen MR) is 55.7 cm³/mol. The first-order valence-corrected chi connectivity index (χ1v) is 5.99. The van der Waals surface area contributed by atoms with Gasteiger partial charge in [0.15, 0.2) is 0 Å². The summed E-state index contributed by atoms with van der Waals surface area (Å²) in [6, 6.07) is 0.264. The number of rotatable bonds is 1. The summed E-state index contributed by atoms with van der Waals surface area (Å²) in [5.41, 5.74) is 6.09. The van der Waals surface area contributed by atoms with Crippen molar-refractivity contribution in [3.05, 3.63) is 0 Å². The van der Waals surface area contributed by atoms with Crippen LogP contribution in [0.2, 0.25) is 0 Å². The van der Waals surface area contributed by atoms with Crippen LogP contribution in [0.4, 0.5) is 0 Å². The highest BCUT2D eigenvalue weighted by molar-refractivity contribution is 5.10. The predicted octanol–water partition coefficient (Wildman–Crippen LogP) is 1.66. The highest BCUT2D eigenvalue weighted by atomic mass is 16.3. The van der Waals surface area contributed by atoms with E-state index in [1.54, 1.807) is 0 Å². The third-order valence-electron chi connectivity index (χ3n) is 5.04. The van der Waals surface area contributed by atoms with Gasteiger partial charge in [-0.15, -0.1) is 0 Å². The molecule has 0 amide bonds. The molecule has 4 aliphatic carbocycles. The van der Waals surface area contributed by atoms with Crippen LogP contribution >= 0.6 is 0 Å². The van der Waals surface area contributed by atoms with Crippen LogP contribution in [0.15, 0.2) is 0 Å². The van der Waals surface area contributed by atoms with Crippen molar-refractivity contribution in [2.75, 3.05) is 0 Å². The first-order valence-electron chi connectivity index (χ1n) is 5.99. The molecule has 4 aliphatic rings. The minimum absolute atomic E-state index is 0.264. The summed E-state index contributed by atoms with van der Waals surface area (Å²) in [4.78, 5) is 0. The average Bonchev–Trinajstić information content (AvgIpc) is 1.98. The monoisotopic (exact) mass is 195 g/mol. The van der Waals surface area contributed by atoms with Gasteiger partial charge in [0.2, 0.25) is 0 Å². The molecule has 4 fully saturated rings. The highest BCUT2D eigenvalue weighted by Gasteiger charge is 2.58. The third-order valence-corrected chi connectivity index (χ3v) is 5.04.